The predicted molar refractivity (Wildman–Crippen MR) is 103 cm³/mol. The van der Waals surface area contributed by atoms with E-state index in [0.29, 0.717) is 13.0 Å². The molecule has 27 heavy (non-hydrogen) atoms. The lowest BCUT2D eigenvalue weighted by Crippen LogP contribution is -2.30. The number of nitrogens with zero attached hydrogens (tertiary/aromatic N) is 4. The maximum absolute atomic E-state index is 12.7. The van der Waals surface area contributed by atoms with Crippen molar-refractivity contribution in [1.29, 1.82) is 0 Å². The molecule has 1 aliphatic rings. The summed E-state index contributed by atoms with van der Waals surface area (Å²) in [6.45, 7) is 1.43. The van der Waals surface area contributed by atoms with Gasteiger partial charge < -0.3 is 13.9 Å². The number of likely N-dealkylation sites (tertiary alicyclic amines) is 1. The molecule has 0 bridgehead atoms. The number of fused-ring (bicyclic) bond motifs is 1. The Morgan fingerprint density at radius 2 is 2.30 bits per heavy atom. The molecule has 1 fully saturated rings. The highest BCUT2D eigenvalue weighted by Gasteiger charge is 2.31. The van der Waals surface area contributed by atoms with E-state index in [1.165, 1.54) is 0 Å². The molecule has 6 nitrogen and oxygen atoms in total. The van der Waals surface area contributed by atoms with Crippen molar-refractivity contribution < 1.29 is 9.21 Å². The quantitative estimate of drug-likeness (QED) is 0.542. The van der Waals surface area contributed by atoms with Crippen LogP contribution in [-0.4, -0.2) is 38.4 Å². The number of pyridine rings is 1. The van der Waals surface area contributed by atoms with Crippen LogP contribution in [0, 0.1) is 0 Å². The van der Waals surface area contributed by atoms with Gasteiger partial charge in [0, 0.05) is 19.3 Å². The Hall–Kier alpha value is -2.93. The number of hydrogen-bond donors (Lipinski definition) is 0. The minimum Gasteiger partial charge on any atom is -0.472 e. The smallest absolute Gasteiger partial charge is 0.227 e. The summed E-state index contributed by atoms with van der Waals surface area (Å²) < 4.78 is 7.43. The second kappa shape index (κ2) is 6.66. The Bertz CT molecular complexity index is 1070. The van der Waals surface area contributed by atoms with E-state index >= 15 is 0 Å². The van der Waals surface area contributed by atoms with Crippen LogP contribution in [0.4, 0.5) is 0 Å². The first-order valence-corrected chi connectivity index (χ1v) is 9.88. The molecular weight excluding hydrogens is 360 g/mol. The van der Waals surface area contributed by atoms with Gasteiger partial charge in [0.05, 0.1) is 24.3 Å². The van der Waals surface area contributed by atoms with Crippen molar-refractivity contribution in [3.05, 3.63) is 59.3 Å². The fourth-order valence-electron chi connectivity index (χ4n) is 3.73. The molecule has 4 aromatic rings. The zero-order chi connectivity index (χ0) is 18.2. The van der Waals surface area contributed by atoms with Gasteiger partial charge in [-0.05, 0) is 47.0 Å². The molecule has 1 atom stereocenters. The molecule has 7 heteroatoms. The van der Waals surface area contributed by atoms with Crippen molar-refractivity contribution >= 4 is 28.4 Å². The Kier molecular flexibility index (Phi) is 4.01. The molecule has 4 aromatic heterocycles. The van der Waals surface area contributed by atoms with E-state index in [9.17, 15) is 4.79 Å². The highest BCUT2D eigenvalue weighted by atomic mass is 32.1. The lowest BCUT2D eigenvalue weighted by Gasteiger charge is -2.18. The zero-order valence-corrected chi connectivity index (χ0v) is 15.4. The first-order chi connectivity index (χ1) is 13.3. The molecule has 1 aliphatic heterocycles. The summed E-state index contributed by atoms with van der Waals surface area (Å²) in [4.78, 5) is 24.0. The summed E-state index contributed by atoms with van der Waals surface area (Å²) in [5.74, 6) is 1.02. The van der Waals surface area contributed by atoms with Crippen molar-refractivity contribution in [3.8, 4) is 11.4 Å². The third kappa shape index (κ3) is 2.94. The summed E-state index contributed by atoms with van der Waals surface area (Å²) in [6.07, 6.45) is 6.49. The second-order valence-electron chi connectivity index (χ2n) is 6.75. The fourth-order valence-corrected chi connectivity index (χ4v) is 4.40. The van der Waals surface area contributed by atoms with Gasteiger partial charge in [-0.2, -0.15) is 11.3 Å². The van der Waals surface area contributed by atoms with E-state index in [1.807, 2.05) is 39.9 Å². The van der Waals surface area contributed by atoms with E-state index < -0.39 is 0 Å². The Morgan fingerprint density at radius 3 is 3.11 bits per heavy atom. The molecule has 0 aromatic carbocycles. The van der Waals surface area contributed by atoms with Crippen molar-refractivity contribution in [1.82, 2.24) is 19.4 Å². The Labute approximate surface area is 160 Å². The molecule has 1 saturated heterocycles. The lowest BCUT2D eigenvalue weighted by atomic mass is 10.2. The first kappa shape index (κ1) is 16.3. The number of aromatic nitrogens is 3. The molecule has 136 valence electrons. The topological polar surface area (TPSA) is 64.2 Å². The SMILES string of the molecule is O=C(Cc1ccsc1)N1CC[C@@H](n2c(-c3ccoc3)nc3cccnc32)C1. The summed E-state index contributed by atoms with van der Waals surface area (Å²) >= 11 is 1.62. The fraction of sp³-hybridized carbons (Fsp3) is 0.250. The molecule has 1 amide bonds. The number of thiophene rings is 1. The number of amides is 1. The van der Waals surface area contributed by atoms with Gasteiger partial charge in [-0.1, -0.05) is 0 Å². The maximum atomic E-state index is 12.7. The number of rotatable bonds is 4. The van der Waals surface area contributed by atoms with Gasteiger partial charge in [0.2, 0.25) is 5.91 Å². The monoisotopic (exact) mass is 378 g/mol. The molecule has 5 heterocycles. The van der Waals surface area contributed by atoms with Crippen LogP contribution < -0.4 is 0 Å². The van der Waals surface area contributed by atoms with Gasteiger partial charge in [-0.3, -0.25) is 4.79 Å². The van der Waals surface area contributed by atoms with Crippen LogP contribution in [0.15, 0.2) is 58.2 Å². The number of imidazole rings is 1. The van der Waals surface area contributed by atoms with Crippen LogP contribution in [0.5, 0.6) is 0 Å². The van der Waals surface area contributed by atoms with Gasteiger partial charge in [0.1, 0.15) is 17.6 Å². The van der Waals surface area contributed by atoms with E-state index in [-0.39, 0.29) is 11.9 Å². The number of carbonyl (C=O) groups is 1. The van der Waals surface area contributed by atoms with Gasteiger partial charge >= 0.3 is 0 Å². The van der Waals surface area contributed by atoms with Crippen LogP contribution in [0.3, 0.4) is 0 Å². The van der Waals surface area contributed by atoms with Gasteiger partial charge in [-0.25, -0.2) is 9.97 Å². The predicted octanol–water partition coefficient (Wildman–Crippen LogP) is 3.77. The van der Waals surface area contributed by atoms with E-state index in [1.54, 1.807) is 30.1 Å². The van der Waals surface area contributed by atoms with E-state index in [4.69, 9.17) is 9.40 Å². The number of furan rings is 1. The Morgan fingerprint density at radius 1 is 1.33 bits per heavy atom. The molecule has 0 spiro atoms. The highest BCUT2D eigenvalue weighted by molar-refractivity contribution is 7.08. The van der Waals surface area contributed by atoms with E-state index in [0.717, 1.165) is 41.1 Å². The number of hydrogen-bond acceptors (Lipinski definition) is 5. The largest absolute Gasteiger partial charge is 0.472 e. The summed E-state index contributed by atoms with van der Waals surface area (Å²) in [6, 6.07) is 7.94. The standard InChI is InChI=1S/C20H18N4O2S/c25-18(10-14-5-9-27-13-14)23-7-3-16(11-23)24-19(15-4-8-26-12-15)22-17-2-1-6-21-20(17)24/h1-2,4-6,8-9,12-13,16H,3,7,10-11H2/t16-/m1/s1. The van der Waals surface area contributed by atoms with Crippen LogP contribution in [-0.2, 0) is 11.2 Å². The highest BCUT2D eigenvalue weighted by Crippen LogP contribution is 2.32. The van der Waals surface area contributed by atoms with Crippen LogP contribution >= 0.6 is 11.3 Å². The summed E-state index contributed by atoms with van der Waals surface area (Å²) in [5, 5.41) is 4.05. The average molecular weight is 378 g/mol. The second-order valence-corrected chi connectivity index (χ2v) is 7.53. The van der Waals surface area contributed by atoms with Crippen LogP contribution in [0.2, 0.25) is 0 Å². The van der Waals surface area contributed by atoms with E-state index in [2.05, 4.69) is 9.55 Å². The molecule has 0 N–H and O–H groups in total. The van der Waals surface area contributed by atoms with Gasteiger partial charge in [0.25, 0.3) is 0 Å². The lowest BCUT2D eigenvalue weighted by molar-refractivity contribution is -0.129. The summed E-state index contributed by atoms with van der Waals surface area (Å²) in [5.41, 5.74) is 3.72. The third-order valence-electron chi connectivity index (χ3n) is 5.04. The molecule has 0 radical (unpaired) electrons. The van der Waals surface area contributed by atoms with Crippen LogP contribution in [0.25, 0.3) is 22.6 Å². The minimum atomic E-state index is 0.154. The normalized spacial score (nSPS) is 17.0. The first-order valence-electron chi connectivity index (χ1n) is 8.94. The minimum absolute atomic E-state index is 0.154. The van der Waals surface area contributed by atoms with Crippen LogP contribution in [0.1, 0.15) is 18.0 Å². The summed E-state index contributed by atoms with van der Waals surface area (Å²) in [7, 11) is 0. The van der Waals surface area contributed by atoms with Crippen molar-refractivity contribution in [2.45, 2.75) is 18.9 Å². The number of carbonyl (C=O) groups excluding carboxylic acids is 1. The van der Waals surface area contributed by atoms with Gasteiger partial charge in [-0.15, -0.1) is 0 Å². The zero-order valence-electron chi connectivity index (χ0n) is 14.6. The maximum Gasteiger partial charge on any atom is 0.227 e. The molecule has 0 unspecified atom stereocenters. The third-order valence-corrected chi connectivity index (χ3v) is 5.78. The molecule has 0 saturated carbocycles. The van der Waals surface area contributed by atoms with Crippen molar-refractivity contribution in [2.24, 2.45) is 0 Å². The molecular formula is C20H18N4O2S. The van der Waals surface area contributed by atoms with Gasteiger partial charge in [0.15, 0.2) is 5.65 Å². The molecule has 0 aliphatic carbocycles. The molecule has 5 rings (SSSR count). The average Bonchev–Trinajstić information content (AvgIpc) is 3.46. The Balaban J connectivity index is 1.46. The van der Waals surface area contributed by atoms with Crippen molar-refractivity contribution in [3.63, 3.8) is 0 Å². The van der Waals surface area contributed by atoms with Crippen molar-refractivity contribution in [2.75, 3.05) is 13.1 Å².